The second-order valence-electron chi connectivity index (χ2n) is 13.2. The molecule has 4 heteroatoms. The lowest BCUT2D eigenvalue weighted by atomic mass is 9.60. The summed E-state index contributed by atoms with van der Waals surface area (Å²) in [6, 6.07) is 7.60. The SMILES string of the molecule is CC12CCC(C1)C(C)(C)C2OC(=O)c1ccccc1C(OO)C1C2(C)CCC(C2)C1(C)C. The second kappa shape index (κ2) is 7.06. The highest BCUT2D eigenvalue weighted by Crippen LogP contribution is 2.69. The molecular weight excluding hydrogens is 400 g/mol. The average molecular weight is 441 g/mol. The van der Waals surface area contributed by atoms with E-state index in [4.69, 9.17) is 9.62 Å². The zero-order valence-corrected chi connectivity index (χ0v) is 20.6. The third-order valence-corrected chi connectivity index (χ3v) is 10.6. The van der Waals surface area contributed by atoms with Crippen molar-refractivity contribution in [2.75, 3.05) is 0 Å². The van der Waals surface area contributed by atoms with Gasteiger partial charge in [0.25, 0.3) is 0 Å². The van der Waals surface area contributed by atoms with E-state index in [2.05, 4.69) is 41.5 Å². The monoisotopic (exact) mass is 440 g/mol. The van der Waals surface area contributed by atoms with E-state index < -0.39 is 6.10 Å². The summed E-state index contributed by atoms with van der Waals surface area (Å²) in [6.07, 6.45) is 6.41. The van der Waals surface area contributed by atoms with Crippen LogP contribution in [0.1, 0.15) is 102 Å². The first-order valence-electron chi connectivity index (χ1n) is 12.5. The van der Waals surface area contributed by atoms with Crippen molar-refractivity contribution in [1.82, 2.24) is 0 Å². The molecule has 0 aliphatic heterocycles. The number of ether oxygens (including phenoxy) is 1. The van der Waals surface area contributed by atoms with Crippen LogP contribution in [0, 0.1) is 39.4 Å². The fourth-order valence-corrected chi connectivity index (χ4v) is 9.05. The molecule has 0 saturated heterocycles. The molecule has 0 aromatic heterocycles. The molecule has 1 N–H and O–H groups in total. The Bertz CT molecular complexity index is 910. The van der Waals surface area contributed by atoms with Crippen LogP contribution < -0.4 is 0 Å². The van der Waals surface area contributed by atoms with Crippen LogP contribution in [0.2, 0.25) is 0 Å². The predicted molar refractivity (Wildman–Crippen MR) is 124 cm³/mol. The summed E-state index contributed by atoms with van der Waals surface area (Å²) in [6.45, 7) is 13.7. The zero-order valence-electron chi connectivity index (χ0n) is 20.6. The Kier molecular flexibility index (Phi) is 4.94. The third-order valence-electron chi connectivity index (χ3n) is 10.6. The summed E-state index contributed by atoms with van der Waals surface area (Å²) in [5, 5.41) is 10.2. The molecule has 4 bridgehead atoms. The van der Waals surface area contributed by atoms with Crippen molar-refractivity contribution in [1.29, 1.82) is 0 Å². The van der Waals surface area contributed by atoms with E-state index in [1.54, 1.807) is 0 Å². The number of carbonyl (C=O) groups is 1. The number of esters is 1. The van der Waals surface area contributed by atoms with Gasteiger partial charge in [0, 0.05) is 16.7 Å². The van der Waals surface area contributed by atoms with Crippen molar-refractivity contribution in [3.05, 3.63) is 35.4 Å². The van der Waals surface area contributed by atoms with Crippen molar-refractivity contribution < 1.29 is 19.7 Å². The minimum absolute atomic E-state index is 0.00937. The minimum Gasteiger partial charge on any atom is -0.458 e. The highest BCUT2D eigenvalue weighted by molar-refractivity contribution is 5.91. The highest BCUT2D eigenvalue weighted by atomic mass is 17.1. The van der Waals surface area contributed by atoms with Gasteiger partial charge in [-0.1, -0.05) is 59.7 Å². The molecule has 7 unspecified atom stereocenters. The molecule has 4 saturated carbocycles. The highest BCUT2D eigenvalue weighted by Gasteiger charge is 2.63. The molecule has 1 aromatic rings. The van der Waals surface area contributed by atoms with Crippen LogP contribution in [-0.4, -0.2) is 17.3 Å². The number of benzene rings is 1. The molecule has 4 fully saturated rings. The smallest absolute Gasteiger partial charge is 0.338 e. The molecule has 32 heavy (non-hydrogen) atoms. The van der Waals surface area contributed by atoms with E-state index in [1.165, 1.54) is 12.8 Å². The molecule has 4 aliphatic carbocycles. The molecule has 0 spiro atoms. The Balaban J connectivity index is 1.47. The van der Waals surface area contributed by atoms with E-state index in [9.17, 15) is 10.1 Å². The number of hydrogen-bond donors (Lipinski definition) is 1. The molecule has 0 amide bonds. The third kappa shape index (κ3) is 2.98. The fourth-order valence-electron chi connectivity index (χ4n) is 9.05. The molecular formula is C28H40O4. The van der Waals surface area contributed by atoms with Gasteiger partial charge in [-0.25, -0.2) is 9.68 Å². The van der Waals surface area contributed by atoms with Gasteiger partial charge < -0.3 is 4.74 Å². The van der Waals surface area contributed by atoms with Gasteiger partial charge in [-0.05, 0) is 72.8 Å². The van der Waals surface area contributed by atoms with Crippen molar-refractivity contribution in [3.63, 3.8) is 0 Å². The maximum absolute atomic E-state index is 13.6. The maximum atomic E-state index is 13.6. The Morgan fingerprint density at radius 1 is 0.938 bits per heavy atom. The first-order valence-corrected chi connectivity index (χ1v) is 12.5. The molecule has 4 nitrogen and oxygen atoms in total. The zero-order chi connectivity index (χ0) is 23.1. The van der Waals surface area contributed by atoms with E-state index in [0.717, 1.165) is 31.2 Å². The molecule has 5 rings (SSSR count). The first kappa shape index (κ1) is 22.4. The molecule has 176 valence electrons. The van der Waals surface area contributed by atoms with E-state index in [1.807, 2.05) is 24.3 Å². The number of hydrogen-bond acceptors (Lipinski definition) is 4. The molecule has 0 radical (unpaired) electrons. The van der Waals surface area contributed by atoms with Crippen LogP contribution in [0.4, 0.5) is 0 Å². The average Bonchev–Trinajstić information content (AvgIpc) is 3.42. The summed E-state index contributed by atoms with van der Waals surface area (Å²) >= 11 is 0. The van der Waals surface area contributed by atoms with Crippen LogP contribution in [-0.2, 0) is 9.62 Å². The Morgan fingerprint density at radius 2 is 1.53 bits per heavy atom. The summed E-state index contributed by atoms with van der Waals surface area (Å²) < 4.78 is 6.31. The van der Waals surface area contributed by atoms with Crippen molar-refractivity contribution >= 4 is 5.97 Å². The van der Waals surface area contributed by atoms with Gasteiger partial charge in [-0.3, -0.25) is 5.26 Å². The van der Waals surface area contributed by atoms with E-state index >= 15 is 0 Å². The van der Waals surface area contributed by atoms with Gasteiger partial charge in [0.15, 0.2) is 0 Å². The van der Waals surface area contributed by atoms with E-state index in [0.29, 0.717) is 17.4 Å². The van der Waals surface area contributed by atoms with Crippen molar-refractivity contribution in [3.8, 4) is 0 Å². The van der Waals surface area contributed by atoms with Gasteiger partial charge in [-0.15, -0.1) is 0 Å². The van der Waals surface area contributed by atoms with Crippen LogP contribution in [0.5, 0.6) is 0 Å². The quantitative estimate of drug-likeness (QED) is 0.303. The molecule has 1 aromatic carbocycles. The molecule has 4 aliphatic rings. The number of rotatable bonds is 5. The lowest BCUT2D eigenvalue weighted by Gasteiger charge is -2.46. The van der Waals surface area contributed by atoms with Gasteiger partial charge in [0.05, 0.1) is 5.56 Å². The van der Waals surface area contributed by atoms with Gasteiger partial charge >= 0.3 is 5.97 Å². The Hall–Kier alpha value is -1.39. The number of carbonyl (C=O) groups excluding carboxylic acids is 1. The minimum atomic E-state index is -0.535. The van der Waals surface area contributed by atoms with Crippen LogP contribution in [0.15, 0.2) is 24.3 Å². The maximum Gasteiger partial charge on any atom is 0.338 e. The summed E-state index contributed by atoms with van der Waals surface area (Å²) in [7, 11) is 0. The molecule has 7 atom stereocenters. The Labute approximate surface area is 193 Å². The normalized spacial score (nSPS) is 41.7. The fraction of sp³-hybridized carbons (Fsp3) is 0.750. The Morgan fingerprint density at radius 3 is 2.09 bits per heavy atom. The summed E-state index contributed by atoms with van der Waals surface area (Å²) in [5.41, 5.74) is 1.50. The standard InChI is InChI=1S/C28H40O4/c1-25(2)17-11-13-27(5,15-17)22(25)21(32-30)19-9-7-8-10-20(19)23(29)31-24-26(3,4)18-12-14-28(24,6)16-18/h7-10,17-18,21-22,24,30H,11-16H2,1-6H3. The van der Waals surface area contributed by atoms with Crippen molar-refractivity contribution in [2.45, 2.75) is 92.3 Å². The topological polar surface area (TPSA) is 55.8 Å². The van der Waals surface area contributed by atoms with Crippen LogP contribution in [0.25, 0.3) is 0 Å². The summed E-state index contributed by atoms with van der Waals surface area (Å²) in [4.78, 5) is 18.8. The van der Waals surface area contributed by atoms with Gasteiger partial charge in [-0.2, -0.15) is 0 Å². The second-order valence-corrected chi connectivity index (χ2v) is 13.2. The lowest BCUT2D eigenvalue weighted by Crippen LogP contribution is -2.44. The summed E-state index contributed by atoms with van der Waals surface area (Å²) in [5.74, 6) is 1.11. The van der Waals surface area contributed by atoms with E-state index in [-0.39, 0.29) is 39.7 Å². The largest absolute Gasteiger partial charge is 0.458 e. The van der Waals surface area contributed by atoms with Crippen LogP contribution in [0.3, 0.4) is 0 Å². The first-order chi connectivity index (χ1) is 14.9. The van der Waals surface area contributed by atoms with Gasteiger partial charge in [0.2, 0.25) is 0 Å². The molecule has 0 heterocycles. The predicted octanol–water partition coefficient (Wildman–Crippen LogP) is 7.05. The van der Waals surface area contributed by atoms with Gasteiger partial charge in [0.1, 0.15) is 12.2 Å². The lowest BCUT2D eigenvalue weighted by molar-refractivity contribution is -0.309. The van der Waals surface area contributed by atoms with Crippen LogP contribution >= 0.6 is 0 Å². The number of fused-ring (bicyclic) bond motifs is 4. The van der Waals surface area contributed by atoms with Crippen molar-refractivity contribution in [2.24, 2.45) is 39.4 Å².